The number of nitriles is 1. The van der Waals surface area contributed by atoms with Crippen molar-refractivity contribution in [3.63, 3.8) is 0 Å². The summed E-state index contributed by atoms with van der Waals surface area (Å²) >= 11 is 0. The molecule has 1 amide bonds. The molecule has 2 aliphatic rings. The second kappa shape index (κ2) is 6.72. The number of benzene rings is 3. The van der Waals surface area contributed by atoms with Crippen LogP contribution in [0.2, 0.25) is 0 Å². The van der Waals surface area contributed by atoms with Gasteiger partial charge in [-0.15, -0.1) is 0 Å². The van der Waals surface area contributed by atoms with Crippen LogP contribution in [-0.2, 0) is 10.2 Å². The van der Waals surface area contributed by atoms with Crippen LogP contribution in [0.25, 0.3) is 0 Å². The molecule has 0 aliphatic carbocycles. The minimum Gasteiger partial charge on any atom is -0.507 e. The Hall–Kier alpha value is -4.57. The summed E-state index contributed by atoms with van der Waals surface area (Å²) in [6, 6.07) is 20.9. The minimum atomic E-state index is -1.77. The molecule has 1 atom stereocenters. The molecule has 32 heavy (non-hydrogen) atoms. The number of carbonyl (C=O) groups excluding carboxylic acids is 2. The second-order valence-corrected chi connectivity index (χ2v) is 7.59. The van der Waals surface area contributed by atoms with E-state index in [-0.39, 0.29) is 34.1 Å². The van der Waals surface area contributed by atoms with Gasteiger partial charge in [0.1, 0.15) is 28.6 Å². The lowest BCUT2D eigenvalue weighted by Crippen LogP contribution is -2.45. The highest BCUT2D eigenvalue weighted by atomic mass is 16.5. The third kappa shape index (κ3) is 2.29. The number of carbonyl (C=O) groups is 2. The van der Waals surface area contributed by atoms with Gasteiger partial charge in [-0.3, -0.25) is 14.5 Å². The van der Waals surface area contributed by atoms with Gasteiger partial charge in [-0.05, 0) is 37.3 Å². The Morgan fingerprint density at radius 1 is 1.09 bits per heavy atom. The highest BCUT2D eigenvalue weighted by Gasteiger charge is 2.61. The summed E-state index contributed by atoms with van der Waals surface area (Å²) in [4.78, 5) is 28.0. The van der Waals surface area contributed by atoms with Crippen molar-refractivity contribution in [3.05, 3.63) is 94.9 Å². The number of ether oxygens (including phenoxy) is 1. The summed E-state index contributed by atoms with van der Waals surface area (Å²) in [7, 11) is 0. The van der Waals surface area contributed by atoms with Crippen molar-refractivity contribution in [2.75, 3.05) is 4.90 Å². The lowest BCUT2D eigenvalue weighted by Gasteiger charge is -2.35. The van der Waals surface area contributed by atoms with Gasteiger partial charge in [0.15, 0.2) is 5.78 Å². The molecule has 7 nitrogen and oxygen atoms in total. The smallest absolute Gasteiger partial charge is 0.252 e. The van der Waals surface area contributed by atoms with Crippen molar-refractivity contribution in [2.24, 2.45) is 5.73 Å². The number of rotatable bonds is 2. The molecule has 0 aromatic heterocycles. The Bertz CT molecular complexity index is 1390. The summed E-state index contributed by atoms with van der Waals surface area (Å²) in [5, 5.41) is 21.3. The van der Waals surface area contributed by atoms with Crippen molar-refractivity contribution < 1.29 is 19.4 Å². The first kappa shape index (κ1) is 19.4. The maximum Gasteiger partial charge on any atom is 0.252 e. The number of nitrogens with zero attached hydrogens (tertiary/aromatic N) is 2. The van der Waals surface area contributed by atoms with Crippen LogP contribution >= 0.6 is 0 Å². The quantitative estimate of drug-likeness (QED) is 0.608. The number of hydrogen-bond donors (Lipinski definition) is 2. The molecular weight excluding hydrogens is 406 g/mol. The minimum absolute atomic E-state index is 0.0212. The topological polar surface area (TPSA) is 117 Å². The Kier molecular flexibility index (Phi) is 4.07. The molecule has 2 heterocycles. The molecule has 0 saturated heterocycles. The van der Waals surface area contributed by atoms with Crippen molar-refractivity contribution in [1.29, 1.82) is 5.26 Å². The largest absolute Gasteiger partial charge is 0.507 e. The zero-order valence-electron chi connectivity index (χ0n) is 17.0. The standard InChI is InChI=1S/C25H17N3O4/c1-14(29)16-11-12-20-21(22(16)30)25(18(13-26)23(27)32-20)17-9-5-6-10-19(17)28(24(25)31)15-7-3-2-4-8-15/h2-12,30H,27H2,1H3. The SMILES string of the molecule is CC(=O)c1ccc2c(c1O)C1(C(=O)N(c3ccccc3)c3ccccc31)C(C#N)=C(N)O2. The number of phenols is 1. The van der Waals surface area contributed by atoms with Crippen molar-refractivity contribution in [2.45, 2.75) is 12.3 Å². The van der Waals surface area contributed by atoms with E-state index in [2.05, 4.69) is 0 Å². The number of Topliss-reactive ketones (excluding diaryl/α,β-unsaturated/α-hetero) is 1. The second-order valence-electron chi connectivity index (χ2n) is 7.59. The number of ketones is 1. The fraction of sp³-hybridized carbons (Fsp3) is 0.0800. The number of anilines is 2. The zero-order valence-corrected chi connectivity index (χ0v) is 17.0. The average Bonchev–Trinajstić information content (AvgIpc) is 3.03. The number of amides is 1. The molecule has 3 aromatic rings. The summed E-state index contributed by atoms with van der Waals surface area (Å²) in [6.45, 7) is 1.31. The molecule has 0 saturated carbocycles. The normalized spacial score (nSPS) is 18.8. The molecule has 5 rings (SSSR count). The van der Waals surface area contributed by atoms with Crippen molar-refractivity contribution in [3.8, 4) is 17.6 Å². The van der Waals surface area contributed by atoms with Gasteiger partial charge in [0.25, 0.3) is 5.91 Å². The Balaban J connectivity index is 1.94. The van der Waals surface area contributed by atoms with Gasteiger partial charge in [0, 0.05) is 11.3 Å². The monoisotopic (exact) mass is 423 g/mol. The van der Waals surface area contributed by atoms with E-state index in [1.165, 1.54) is 24.0 Å². The number of phenolic OH excluding ortho intramolecular Hbond substituents is 1. The maximum absolute atomic E-state index is 14.3. The third-order valence-corrected chi connectivity index (χ3v) is 5.93. The Morgan fingerprint density at radius 3 is 2.47 bits per heavy atom. The highest BCUT2D eigenvalue weighted by molar-refractivity contribution is 6.18. The first-order chi connectivity index (χ1) is 15.4. The third-order valence-electron chi connectivity index (χ3n) is 5.93. The fourth-order valence-electron chi connectivity index (χ4n) is 4.62. The molecule has 1 unspecified atom stereocenters. The van der Waals surface area contributed by atoms with Gasteiger partial charge in [0.05, 0.1) is 16.8 Å². The number of para-hydroxylation sites is 2. The molecule has 7 heteroatoms. The lowest BCUT2D eigenvalue weighted by atomic mass is 9.68. The van der Waals surface area contributed by atoms with Gasteiger partial charge in [-0.1, -0.05) is 36.4 Å². The van der Waals surface area contributed by atoms with Crippen LogP contribution in [-0.4, -0.2) is 16.8 Å². The zero-order chi connectivity index (χ0) is 22.6. The first-order valence-corrected chi connectivity index (χ1v) is 9.87. The van der Waals surface area contributed by atoms with Crippen LogP contribution < -0.4 is 15.4 Å². The summed E-state index contributed by atoms with van der Waals surface area (Å²) in [6.07, 6.45) is 0. The van der Waals surface area contributed by atoms with E-state index < -0.39 is 17.1 Å². The van der Waals surface area contributed by atoms with Crippen LogP contribution in [0.5, 0.6) is 11.5 Å². The van der Waals surface area contributed by atoms with Crippen LogP contribution in [0, 0.1) is 11.3 Å². The summed E-state index contributed by atoms with van der Waals surface area (Å²) < 4.78 is 5.63. The van der Waals surface area contributed by atoms with Gasteiger partial charge >= 0.3 is 0 Å². The van der Waals surface area contributed by atoms with E-state index in [9.17, 15) is 20.0 Å². The molecule has 0 fully saturated rings. The van der Waals surface area contributed by atoms with Crippen molar-refractivity contribution >= 4 is 23.1 Å². The van der Waals surface area contributed by atoms with Crippen LogP contribution in [0.1, 0.15) is 28.4 Å². The van der Waals surface area contributed by atoms with Gasteiger partial charge in [0.2, 0.25) is 5.88 Å². The van der Waals surface area contributed by atoms with Crippen molar-refractivity contribution in [1.82, 2.24) is 0 Å². The van der Waals surface area contributed by atoms with E-state index in [0.29, 0.717) is 16.9 Å². The van der Waals surface area contributed by atoms with E-state index >= 15 is 0 Å². The summed E-state index contributed by atoms with van der Waals surface area (Å²) in [5.74, 6) is -1.41. The number of aromatic hydroxyl groups is 1. The average molecular weight is 423 g/mol. The molecule has 3 N–H and O–H groups in total. The Morgan fingerprint density at radius 2 is 1.78 bits per heavy atom. The van der Waals surface area contributed by atoms with Gasteiger partial charge in [-0.25, -0.2) is 0 Å². The van der Waals surface area contributed by atoms with Gasteiger partial charge < -0.3 is 15.6 Å². The van der Waals surface area contributed by atoms with Crippen LogP contribution in [0.15, 0.2) is 78.2 Å². The lowest BCUT2D eigenvalue weighted by molar-refractivity contribution is -0.120. The van der Waals surface area contributed by atoms with E-state index in [1.54, 1.807) is 48.5 Å². The van der Waals surface area contributed by atoms with E-state index in [0.717, 1.165) is 0 Å². The molecule has 2 aliphatic heterocycles. The van der Waals surface area contributed by atoms with Gasteiger partial charge in [-0.2, -0.15) is 5.26 Å². The molecule has 1 spiro atoms. The molecule has 0 bridgehead atoms. The maximum atomic E-state index is 14.3. The van der Waals surface area contributed by atoms with Crippen LogP contribution in [0.3, 0.4) is 0 Å². The predicted molar refractivity (Wildman–Crippen MR) is 116 cm³/mol. The van der Waals surface area contributed by atoms with Crippen LogP contribution in [0.4, 0.5) is 11.4 Å². The summed E-state index contributed by atoms with van der Waals surface area (Å²) in [5.41, 5.74) is 5.87. The van der Waals surface area contributed by atoms with E-state index in [1.807, 2.05) is 12.1 Å². The number of hydrogen-bond acceptors (Lipinski definition) is 6. The predicted octanol–water partition coefficient (Wildman–Crippen LogP) is 3.65. The van der Waals surface area contributed by atoms with E-state index in [4.69, 9.17) is 10.5 Å². The molecule has 0 radical (unpaired) electrons. The molecule has 3 aromatic carbocycles. The first-order valence-electron chi connectivity index (χ1n) is 9.87. The number of nitrogens with two attached hydrogens (primary N) is 1. The number of fused-ring (bicyclic) bond motifs is 4. The molecule has 156 valence electrons. The highest BCUT2D eigenvalue weighted by Crippen LogP contribution is 2.59. The fourth-order valence-corrected chi connectivity index (χ4v) is 4.62. The molecular formula is C25H17N3O4. The Labute approximate surface area is 183 Å².